The molecule has 0 aliphatic carbocycles. The van der Waals surface area contributed by atoms with E-state index in [0.717, 1.165) is 0 Å². The van der Waals surface area contributed by atoms with Crippen molar-refractivity contribution in [2.45, 2.75) is 43.6 Å². The summed E-state index contributed by atoms with van der Waals surface area (Å²) >= 11 is 3.74. The Hall–Kier alpha value is -6.36. The van der Waals surface area contributed by atoms with Crippen LogP contribution in [-0.2, 0) is 35.3 Å². The van der Waals surface area contributed by atoms with Gasteiger partial charge in [0.2, 0.25) is 23.8 Å². The minimum atomic E-state index is -2.20. The Morgan fingerprint density at radius 1 is 0.882 bits per heavy atom. The molecule has 22 nitrogen and oxygen atoms in total. The summed E-state index contributed by atoms with van der Waals surface area (Å²) in [6.07, 6.45) is 0.623. The van der Waals surface area contributed by atoms with Crippen LogP contribution in [0.15, 0.2) is 35.3 Å². The topological polar surface area (TPSA) is 364 Å². The number of nitrogens with one attached hydrogen (secondary N) is 6. The fraction of sp³-hybridized carbons (Fsp3) is 0.321. The summed E-state index contributed by atoms with van der Waals surface area (Å²) in [4.78, 5) is 110. The molecule has 51 heavy (non-hydrogen) atoms. The van der Waals surface area contributed by atoms with Gasteiger partial charge in [-0.1, -0.05) is 0 Å². The first kappa shape index (κ1) is 39.1. The zero-order valence-electron chi connectivity index (χ0n) is 26.3. The molecule has 3 aromatic rings. The van der Waals surface area contributed by atoms with E-state index in [-0.39, 0.29) is 41.4 Å². The van der Waals surface area contributed by atoms with Gasteiger partial charge in [-0.3, -0.25) is 29.0 Å². The molecule has 0 bridgehead atoms. The third kappa shape index (κ3) is 11.4. The normalized spacial score (nSPS) is 13.1. The average molecular weight is 732 g/mol. The molecule has 0 unspecified atom stereocenters. The van der Waals surface area contributed by atoms with Gasteiger partial charge in [0.05, 0.1) is 18.4 Å². The Kier molecular flexibility index (Phi) is 13.7. The Bertz CT molecular complexity index is 1870. The van der Waals surface area contributed by atoms with Gasteiger partial charge in [-0.2, -0.15) is 17.6 Å². The fourth-order valence-corrected chi connectivity index (χ4v) is 4.34. The lowest BCUT2D eigenvalue weighted by atomic mass is 10.1. The molecule has 272 valence electrons. The molecular weight excluding hydrogens is 698 g/mol. The number of carbonyl (C=O) groups excluding carboxylic acids is 4. The number of amides is 4. The first-order valence-electron chi connectivity index (χ1n) is 14.7. The number of hydrogen-bond donors (Lipinski definition) is 12. The molecule has 0 aliphatic rings. The second kappa shape index (κ2) is 17.9. The Balaban J connectivity index is 1.47. The van der Waals surface area contributed by atoms with Crippen molar-refractivity contribution in [2.75, 3.05) is 23.3 Å². The SMILES string of the molecule is Nc1nc2ncc(CNc3ccc(C(=O)N[C@H](CCC(=O)NC[C@H](N)C(=O)N[C@@H](C(=O)O)C(=O)N[C@@H](CS)C(=O)O)C(=O)O)cc3)nc2c(=O)[nH]1. The largest absolute Gasteiger partial charge is 0.480 e. The van der Waals surface area contributed by atoms with Crippen molar-refractivity contribution in [2.24, 2.45) is 5.73 Å². The number of carboxylic acids is 3. The molecule has 4 atom stereocenters. The maximum atomic E-state index is 12.7. The van der Waals surface area contributed by atoms with Crippen molar-refractivity contribution in [3.8, 4) is 0 Å². The summed E-state index contributed by atoms with van der Waals surface area (Å²) in [6, 6.07) is -0.857. The number of nitrogens with zero attached hydrogens (tertiary/aromatic N) is 3. The lowest BCUT2D eigenvalue weighted by molar-refractivity contribution is -0.148. The number of carboxylic acid groups (broad SMARTS) is 3. The molecule has 0 fully saturated rings. The number of fused-ring (bicyclic) bond motifs is 1. The third-order valence-electron chi connectivity index (χ3n) is 6.82. The van der Waals surface area contributed by atoms with Crippen LogP contribution in [0.5, 0.6) is 0 Å². The number of thiol groups is 1. The molecule has 0 saturated carbocycles. The smallest absolute Gasteiger partial charge is 0.336 e. The number of aromatic nitrogens is 4. The number of aromatic amines is 1. The lowest BCUT2D eigenvalue weighted by Gasteiger charge is -2.20. The van der Waals surface area contributed by atoms with E-state index in [4.69, 9.17) is 16.6 Å². The zero-order chi connectivity index (χ0) is 37.8. The quantitative estimate of drug-likeness (QED) is 0.0444. The molecule has 4 amide bonds. The summed E-state index contributed by atoms with van der Waals surface area (Å²) in [5.41, 5.74) is 11.8. The van der Waals surface area contributed by atoms with Gasteiger partial charge in [0.15, 0.2) is 11.2 Å². The van der Waals surface area contributed by atoms with Crippen LogP contribution >= 0.6 is 12.6 Å². The van der Waals surface area contributed by atoms with Crippen molar-refractivity contribution in [3.05, 3.63) is 52.1 Å². The molecule has 0 spiro atoms. The van der Waals surface area contributed by atoms with Gasteiger partial charge >= 0.3 is 17.9 Å². The maximum Gasteiger partial charge on any atom is 0.336 e. The van der Waals surface area contributed by atoms with Gasteiger partial charge in [-0.05, 0) is 30.7 Å². The average Bonchev–Trinajstić information content (AvgIpc) is 3.08. The van der Waals surface area contributed by atoms with Crippen molar-refractivity contribution in [3.63, 3.8) is 0 Å². The van der Waals surface area contributed by atoms with Crippen LogP contribution in [0.3, 0.4) is 0 Å². The third-order valence-corrected chi connectivity index (χ3v) is 7.18. The van der Waals surface area contributed by atoms with Crippen LogP contribution in [0.1, 0.15) is 28.9 Å². The van der Waals surface area contributed by atoms with Crippen LogP contribution in [0.4, 0.5) is 11.6 Å². The molecule has 0 saturated heterocycles. The van der Waals surface area contributed by atoms with E-state index >= 15 is 0 Å². The number of nitrogens with two attached hydrogens (primary N) is 2. The van der Waals surface area contributed by atoms with Gasteiger partial charge in [0, 0.05) is 30.0 Å². The number of anilines is 2. The molecule has 0 radical (unpaired) electrons. The second-order valence-corrected chi connectivity index (χ2v) is 11.0. The summed E-state index contributed by atoms with van der Waals surface area (Å²) in [5, 5.41) is 39.2. The fourth-order valence-electron chi connectivity index (χ4n) is 4.10. The summed E-state index contributed by atoms with van der Waals surface area (Å²) < 4.78 is 0. The van der Waals surface area contributed by atoms with E-state index in [1.165, 1.54) is 18.3 Å². The maximum absolute atomic E-state index is 12.7. The highest BCUT2D eigenvalue weighted by molar-refractivity contribution is 7.80. The van der Waals surface area contributed by atoms with Crippen molar-refractivity contribution >= 4 is 77.0 Å². The number of benzene rings is 1. The lowest BCUT2D eigenvalue weighted by Crippen LogP contribution is -2.59. The minimum absolute atomic E-state index is 0.00532. The van der Waals surface area contributed by atoms with Crippen molar-refractivity contribution in [1.29, 1.82) is 0 Å². The van der Waals surface area contributed by atoms with Gasteiger partial charge in [0.1, 0.15) is 18.1 Å². The number of nitrogen functional groups attached to an aromatic ring is 1. The van der Waals surface area contributed by atoms with Crippen LogP contribution in [0.2, 0.25) is 0 Å². The highest BCUT2D eigenvalue weighted by Gasteiger charge is 2.32. The molecular formula is C28H33N11O11S. The van der Waals surface area contributed by atoms with Gasteiger partial charge < -0.3 is 53.4 Å². The van der Waals surface area contributed by atoms with E-state index in [1.807, 2.05) is 10.6 Å². The number of hydrogen-bond acceptors (Lipinski definition) is 15. The minimum Gasteiger partial charge on any atom is -0.480 e. The van der Waals surface area contributed by atoms with E-state index in [1.54, 1.807) is 12.1 Å². The summed E-state index contributed by atoms with van der Waals surface area (Å²) in [5.74, 6) is -9.22. The van der Waals surface area contributed by atoms with E-state index in [0.29, 0.717) is 11.4 Å². The van der Waals surface area contributed by atoms with Crippen molar-refractivity contribution in [1.82, 2.24) is 41.2 Å². The predicted molar refractivity (Wildman–Crippen MR) is 178 cm³/mol. The second-order valence-electron chi connectivity index (χ2n) is 10.6. The van der Waals surface area contributed by atoms with Gasteiger partial charge in [-0.15, -0.1) is 0 Å². The van der Waals surface area contributed by atoms with Crippen LogP contribution in [-0.4, -0.2) is 113 Å². The Labute approximate surface area is 291 Å². The molecule has 13 N–H and O–H groups in total. The molecule has 2 heterocycles. The first-order valence-corrected chi connectivity index (χ1v) is 15.3. The van der Waals surface area contributed by atoms with E-state index in [2.05, 4.69) is 48.5 Å². The van der Waals surface area contributed by atoms with Crippen LogP contribution in [0, 0.1) is 0 Å². The van der Waals surface area contributed by atoms with Crippen LogP contribution in [0.25, 0.3) is 11.2 Å². The van der Waals surface area contributed by atoms with E-state index < -0.39 is 84.2 Å². The number of rotatable bonds is 18. The van der Waals surface area contributed by atoms with Gasteiger partial charge in [0.25, 0.3) is 17.4 Å². The Morgan fingerprint density at radius 3 is 2.16 bits per heavy atom. The van der Waals surface area contributed by atoms with E-state index in [9.17, 15) is 48.6 Å². The molecule has 0 aliphatic heterocycles. The summed E-state index contributed by atoms with van der Waals surface area (Å²) in [7, 11) is 0. The molecule has 2 aromatic heterocycles. The highest BCUT2D eigenvalue weighted by Crippen LogP contribution is 2.12. The molecule has 23 heteroatoms. The predicted octanol–water partition coefficient (Wildman–Crippen LogP) is -3.62. The number of aliphatic carboxylic acids is 3. The monoisotopic (exact) mass is 731 g/mol. The number of carbonyl (C=O) groups is 7. The molecule has 3 rings (SSSR count). The highest BCUT2D eigenvalue weighted by atomic mass is 32.1. The first-order chi connectivity index (χ1) is 24.1. The summed E-state index contributed by atoms with van der Waals surface area (Å²) in [6.45, 7) is -0.391. The van der Waals surface area contributed by atoms with Gasteiger partial charge in [-0.25, -0.2) is 24.4 Å². The molecule has 1 aromatic carbocycles. The number of H-pyrrole nitrogens is 1. The van der Waals surface area contributed by atoms with Crippen LogP contribution < -0.4 is 43.6 Å². The Morgan fingerprint density at radius 2 is 1.55 bits per heavy atom. The van der Waals surface area contributed by atoms with Crippen molar-refractivity contribution < 1.29 is 48.9 Å². The standard InChI is InChI=1S/C28H33N11O11S/c29-14(22(42)37-19(27(49)50)24(44)36-16(10-51)26(47)48)9-32-17(40)6-5-15(25(45)46)35-21(41)11-1-3-12(4-2-11)31-7-13-8-33-20-18(34-13)23(43)39-28(30)38-20/h1-4,8,14-16,19,31,51H,5-7,9-10,29H2,(H,32,40)(H,35,41)(H,36,44)(H,37,42)(H,45,46)(H,47,48)(H,49,50)(H3,30,33,38,39,43)/t14-,15+,16-,19+/m0/s1. The zero-order valence-corrected chi connectivity index (χ0v) is 27.2.